The fourth-order valence-corrected chi connectivity index (χ4v) is 3.17. The molecular formula is C14H20ClN5O2. The van der Waals surface area contributed by atoms with Crippen LogP contribution < -0.4 is 4.90 Å². The average molecular weight is 326 g/mol. The van der Waals surface area contributed by atoms with Gasteiger partial charge in [0.05, 0.1) is 0 Å². The molecule has 0 radical (unpaired) electrons. The van der Waals surface area contributed by atoms with E-state index in [1.54, 1.807) is 4.90 Å². The van der Waals surface area contributed by atoms with Crippen molar-refractivity contribution in [2.45, 2.75) is 26.4 Å². The number of likely N-dealkylation sites (tertiary alicyclic amines) is 1. The van der Waals surface area contributed by atoms with Crippen LogP contribution in [0.15, 0.2) is 6.33 Å². The monoisotopic (exact) mass is 325 g/mol. The molecular weight excluding hydrogens is 306 g/mol. The Morgan fingerprint density at radius 1 is 1.23 bits per heavy atom. The topological polar surface area (TPSA) is 71.5 Å². The first-order valence-electron chi connectivity index (χ1n) is 7.39. The Kier molecular flexibility index (Phi) is 3.84. The van der Waals surface area contributed by atoms with Crippen LogP contribution in [-0.2, 0) is 4.74 Å². The largest absolute Gasteiger partial charge is 0.444 e. The number of nitrogens with zero attached hydrogens (tertiary/aromatic N) is 5. The predicted octanol–water partition coefficient (Wildman–Crippen LogP) is 1.83. The molecule has 3 heterocycles. The lowest BCUT2D eigenvalue weighted by atomic mass is 10.0. The normalized spacial score (nSPS) is 24.5. The van der Waals surface area contributed by atoms with Crippen molar-refractivity contribution in [2.24, 2.45) is 11.8 Å². The smallest absolute Gasteiger partial charge is 0.410 e. The van der Waals surface area contributed by atoms with Gasteiger partial charge in [0.2, 0.25) is 11.2 Å². The Morgan fingerprint density at radius 3 is 2.41 bits per heavy atom. The molecule has 0 spiro atoms. The van der Waals surface area contributed by atoms with E-state index in [0.29, 0.717) is 17.8 Å². The fraction of sp³-hybridized carbons (Fsp3) is 0.714. The van der Waals surface area contributed by atoms with Gasteiger partial charge in [-0.1, -0.05) is 0 Å². The van der Waals surface area contributed by atoms with E-state index < -0.39 is 5.60 Å². The minimum absolute atomic E-state index is 0.206. The molecule has 22 heavy (non-hydrogen) atoms. The van der Waals surface area contributed by atoms with Crippen LogP contribution in [0.1, 0.15) is 20.8 Å². The van der Waals surface area contributed by atoms with Gasteiger partial charge >= 0.3 is 6.09 Å². The lowest BCUT2D eigenvalue weighted by Gasteiger charge is -2.26. The highest BCUT2D eigenvalue weighted by Gasteiger charge is 2.43. The highest BCUT2D eigenvalue weighted by molar-refractivity contribution is 6.28. The Labute approximate surface area is 134 Å². The van der Waals surface area contributed by atoms with Crippen LogP contribution >= 0.6 is 11.6 Å². The van der Waals surface area contributed by atoms with Crippen molar-refractivity contribution in [1.82, 2.24) is 19.9 Å². The molecule has 0 bridgehead atoms. The minimum Gasteiger partial charge on any atom is -0.444 e. The molecule has 2 aliphatic rings. The number of fused-ring (bicyclic) bond motifs is 1. The number of ether oxygens (including phenoxy) is 1. The second-order valence-corrected chi connectivity index (χ2v) is 7.20. The van der Waals surface area contributed by atoms with E-state index in [1.807, 2.05) is 20.8 Å². The molecule has 120 valence electrons. The van der Waals surface area contributed by atoms with Crippen molar-refractivity contribution >= 4 is 23.6 Å². The third-order valence-electron chi connectivity index (χ3n) is 3.95. The van der Waals surface area contributed by atoms with Crippen molar-refractivity contribution in [2.75, 3.05) is 31.1 Å². The van der Waals surface area contributed by atoms with E-state index in [2.05, 4.69) is 19.9 Å². The van der Waals surface area contributed by atoms with Gasteiger partial charge in [0.1, 0.15) is 11.9 Å². The number of amides is 1. The molecule has 2 fully saturated rings. The number of hydrogen-bond acceptors (Lipinski definition) is 6. The molecule has 1 aromatic rings. The van der Waals surface area contributed by atoms with Crippen molar-refractivity contribution in [1.29, 1.82) is 0 Å². The summed E-state index contributed by atoms with van der Waals surface area (Å²) in [7, 11) is 0. The maximum atomic E-state index is 12.1. The van der Waals surface area contributed by atoms with Crippen LogP contribution in [0.4, 0.5) is 10.7 Å². The van der Waals surface area contributed by atoms with Crippen LogP contribution in [0, 0.1) is 11.8 Å². The molecule has 8 heteroatoms. The van der Waals surface area contributed by atoms with Crippen LogP contribution in [0.25, 0.3) is 0 Å². The number of rotatable bonds is 1. The van der Waals surface area contributed by atoms with E-state index >= 15 is 0 Å². The molecule has 3 rings (SSSR count). The second kappa shape index (κ2) is 5.53. The summed E-state index contributed by atoms with van der Waals surface area (Å²) >= 11 is 5.81. The second-order valence-electron chi connectivity index (χ2n) is 6.86. The fourth-order valence-electron chi connectivity index (χ4n) is 3.05. The third kappa shape index (κ3) is 3.24. The highest BCUT2D eigenvalue weighted by Crippen LogP contribution is 2.33. The lowest BCUT2D eigenvalue weighted by molar-refractivity contribution is 0.0282. The predicted molar refractivity (Wildman–Crippen MR) is 81.8 cm³/mol. The molecule has 2 saturated heterocycles. The standard InChI is InChI=1S/C14H20ClN5O2/c1-14(2,3)22-13(21)20-6-9-4-19(5-10(9)7-20)12-17-8-16-11(15)18-12/h8-10H,4-7H2,1-3H3. The molecule has 0 aliphatic carbocycles. The van der Waals surface area contributed by atoms with Crippen LogP contribution in [0.2, 0.25) is 5.28 Å². The summed E-state index contributed by atoms with van der Waals surface area (Å²) in [4.78, 5) is 28.2. The van der Waals surface area contributed by atoms with E-state index in [9.17, 15) is 4.79 Å². The van der Waals surface area contributed by atoms with Gasteiger partial charge < -0.3 is 14.5 Å². The molecule has 1 amide bonds. The van der Waals surface area contributed by atoms with Crippen molar-refractivity contribution < 1.29 is 9.53 Å². The first kappa shape index (κ1) is 15.3. The van der Waals surface area contributed by atoms with E-state index in [-0.39, 0.29) is 11.4 Å². The molecule has 0 N–H and O–H groups in total. The number of hydrogen-bond donors (Lipinski definition) is 0. The molecule has 1 aromatic heterocycles. The van der Waals surface area contributed by atoms with Gasteiger partial charge in [-0.05, 0) is 32.4 Å². The Bertz CT molecular complexity index is 563. The first-order valence-corrected chi connectivity index (χ1v) is 7.77. The number of carbonyl (C=O) groups is 1. The molecule has 0 saturated carbocycles. The van der Waals surface area contributed by atoms with Crippen molar-refractivity contribution in [3.8, 4) is 0 Å². The summed E-state index contributed by atoms with van der Waals surface area (Å²) < 4.78 is 5.44. The van der Waals surface area contributed by atoms with Crippen LogP contribution in [-0.4, -0.2) is 57.7 Å². The molecule has 2 unspecified atom stereocenters. The van der Waals surface area contributed by atoms with Gasteiger partial charge in [-0.25, -0.2) is 14.8 Å². The van der Waals surface area contributed by atoms with Crippen LogP contribution in [0.5, 0.6) is 0 Å². The Balaban J connectivity index is 1.60. The zero-order chi connectivity index (χ0) is 15.9. The maximum Gasteiger partial charge on any atom is 0.410 e. The summed E-state index contributed by atoms with van der Waals surface area (Å²) in [5.74, 6) is 1.45. The maximum absolute atomic E-state index is 12.1. The van der Waals surface area contributed by atoms with Crippen LogP contribution in [0.3, 0.4) is 0 Å². The lowest BCUT2D eigenvalue weighted by Crippen LogP contribution is -2.37. The summed E-state index contributed by atoms with van der Waals surface area (Å²) in [5.41, 5.74) is -0.456. The van der Waals surface area contributed by atoms with Gasteiger partial charge in [-0.3, -0.25) is 0 Å². The summed E-state index contributed by atoms with van der Waals surface area (Å²) in [6, 6.07) is 0. The van der Waals surface area contributed by atoms with Gasteiger partial charge in [0, 0.05) is 38.0 Å². The minimum atomic E-state index is -0.456. The average Bonchev–Trinajstić information content (AvgIpc) is 2.94. The van der Waals surface area contributed by atoms with E-state index in [4.69, 9.17) is 16.3 Å². The Morgan fingerprint density at radius 2 is 1.86 bits per heavy atom. The van der Waals surface area contributed by atoms with Crippen molar-refractivity contribution in [3.05, 3.63) is 11.6 Å². The quantitative estimate of drug-likeness (QED) is 0.784. The number of anilines is 1. The Hall–Kier alpha value is -1.63. The summed E-state index contributed by atoms with van der Waals surface area (Å²) in [6.07, 6.45) is 1.20. The zero-order valence-corrected chi connectivity index (χ0v) is 13.7. The van der Waals surface area contributed by atoms with Crippen molar-refractivity contribution in [3.63, 3.8) is 0 Å². The SMILES string of the molecule is CC(C)(C)OC(=O)N1CC2CN(c3ncnc(Cl)n3)CC2C1. The first-order chi connectivity index (χ1) is 10.3. The number of carbonyl (C=O) groups excluding carboxylic acids is 1. The van der Waals surface area contributed by atoms with Gasteiger partial charge in [-0.15, -0.1) is 0 Å². The van der Waals surface area contributed by atoms with E-state index in [0.717, 1.165) is 26.2 Å². The highest BCUT2D eigenvalue weighted by atomic mass is 35.5. The number of aromatic nitrogens is 3. The zero-order valence-electron chi connectivity index (χ0n) is 13.0. The van der Waals surface area contributed by atoms with Gasteiger partial charge in [-0.2, -0.15) is 4.98 Å². The van der Waals surface area contributed by atoms with Gasteiger partial charge in [0.25, 0.3) is 0 Å². The summed E-state index contributed by atoms with van der Waals surface area (Å²) in [5, 5.41) is 0.206. The molecule has 7 nitrogen and oxygen atoms in total. The van der Waals surface area contributed by atoms with E-state index in [1.165, 1.54) is 6.33 Å². The molecule has 2 aliphatic heterocycles. The summed E-state index contributed by atoms with van der Waals surface area (Å²) in [6.45, 7) is 8.73. The van der Waals surface area contributed by atoms with Gasteiger partial charge in [0.15, 0.2) is 0 Å². The molecule has 0 aromatic carbocycles. The number of halogens is 1. The molecule has 2 atom stereocenters. The third-order valence-corrected chi connectivity index (χ3v) is 4.13.